The predicted molar refractivity (Wildman–Crippen MR) is 130 cm³/mol. The molecule has 0 atom stereocenters. The molecule has 0 saturated heterocycles. The first-order chi connectivity index (χ1) is 15.9. The number of benzene rings is 4. The van der Waals surface area contributed by atoms with Crippen LogP contribution < -0.4 is 0 Å². The third-order valence-corrected chi connectivity index (χ3v) is 5.23. The monoisotopic (exact) mass is 456 g/mol. The molecule has 0 aromatic heterocycles. The Morgan fingerprint density at radius 3 is 1.31 bits per heavy atom. The van der Waals surface area contributed by atoms with E-state index in [2.05, 4.69) is 89.7 Å². The van der Waals surface area contributed by atoms with Crippen molar-refractivity contribution in [2.45, 2.75) is 12.8 Å². The van der Waals surface area contributed by atoms with Gasteiger partial charge in [0, 0.05) is 14.2 Å². The van der Waals surface area contributed by atoms with Crippen molar-refractivity contribution in [2.75, 3.05) is 14.2 Å². The molecule has 0 radical (unpaired) electrons. The molecule has 0 bridgehead atoms. The minimum atomic E-state index is 1.00. The molecule has 0 amide bonds. The zero-order valence-corrected chi connectivity index (χ0v) is 20.2. The molecule has 2 aliphatic carbocycles. The standard InChI is InChI=1S/2C13H9.2CH4O.CH2.Ti/c2*1-3-7-12-10(5-1)9-11-6-2-4-8-13(11)12;2*1-2;;/h2*1-5,7-8H,9H2;2*2H,1H3;1H2;/q2*-1;;;;+2. The maximum Gasteiger partial charge on any atom is -0.0253 e. The van der Waals surface area contributed by atoms with Crippen LogP contribution in [0.25, 0.3) is 22.3 Å². The zero-order chi connectivity index (χ0) is 23.3. The summed E-state index contributed by atoms with van der Waals surface area (Å²) in [5.74, 6) is 0. The third-order valence-electron chi connectivity index (χ3n) is 5.23. The van der Waals surface area contributed by atoms with Crippen LogP contribution in [-0.2, 0) is 32.8 Å². The van der Waals surface area contributed by atoms with Gasteiger partial charge in [-0.15, -0.1) is 11.1 Å². The van der Waals surface area contributed by atoms with Crippen molar-refractivity contribution in [3.63, 3.8) is 0 Å². The third kappa shape index (κ3) is 5.79. The Labute approximate surface area is 203 Å². The molecule has 160 valence electrons. The van der Waals surface area contributed by atoms with Gasteiger partial charge in [0.1, 0.15) is 0 Å². The molecule has 2 aliphatic rings. The van der Waals surface area contributed by atoms with Gasteiger partial charge in [-0.25, -0.2) is 0 Å². The summed E-state index contributed by atoms with van der Waals surface area (Å²) in [5, 5.41) is 14.0. The SMILES string of the molecule is CO.CO.[CH2]=[Ti+2].[c-]1cccc2c1Cc1ccccc1-2.[c-]1cccc2c1Cc1ccccc1-2. The fourth-order valence-corrected chi connectivity index (χ4v) is 4.00. The Morgan fingerprint density at radius 2 is 0.906 bits per heavy atom. The first kappa shape index (κ1) is 25.6. The molecule has 0 fully saturated rings. The number of hydrogen-bond acceptors (Lipinski definition) is 2. The van der Waals surface area contributed by atoms with Crippen LogP contribution in [0.2, 0.25) is 0 Å². The molecule has 0 heterocycles. The molecule has 32 heavy (non-hydrogen) atoms. The average molecular weight is 456 g/mol. The predicted octanol–water partition coefficient (Wildman–Crippen LogP) is 5.30. The molecule has 4 aromatic rings. The Balaban J connectivity index is 0.000000185. The molecule has 0 unspecified atom stereocenters. The summed E-state index contributed by atoms with van der Waals surface area (Å²) in [5.41, 5.74) is 11.0. The Bertz CT molecular complexity index is 945. The first-order valence-electron chi connectivity index (χ1n) is 10.3. The molecular weight excluding hydrogens is 428 g/mol. The summed E-state index contributed by atoms with van der Waals surface area (Å²) in [6.45, 7) is 0. The van der Waals surface area contributed by atoms with E-state index in [0.717, 1.165) is 27.1 Å². The van der Waals surface area contributed by atoms with Gasteiger partial charge in [0.05, 0.1) is 0 Å². The van der Waals surface area contributed by atoms with Crippen molar-refractivity contribution in [3.8, 4) is 22.3 Å². The van der Waals surface area contributed by atoms with E-state index in [4.69, 9.17) is 10.2 Å². The molecular formula is C29H28O2Ti. The topological polar surface area (TPSA) is 40.5 Å². The van der Waals surface area contributed by atoms with E-state index in [-0.39, 0.29) is 0 Å². The van der Waals surface area contributed by atoms with E-state index < -0.39 is 0 Å². The van der Waals surface area contributed by atoms with E-state index in [1.54, 1.807) is 20.0 Å². The van der Waals surface area contributed by atoms with Crippen LogP contribution in [0.4, 0.5) is 0 Å². The van der Waals surface area contributed by atoms with Gasteiger partial charge in [0.2, 0.25) is 0 Å². The van der Waals surface area contributed by atoms with Crippen LogP contribution >= 0.6 is 0 Å². The number of fused-ring (bicyclic) bond motifs is 6. The van der Waals surface area contributed by atoms with Gasteiger partial charge in [-0.2, -0.15) is 59.7 Å². The second kappa shape index (κ2) is 13.7. The van der Waals surface area contributed by atoms with Gasteiger partial charge in [-0.05, 0) is 12.8 Å². The molecule has 4 aromatic carbocycles. The van der Waals surface area contributed by atoms with E-state index in [1.807, 2.05) is 12.1 Å². The minimum absolute atomic E-state index is 1.00. The molecule has 0 saturated carbocycles. The van der Waals surface area contributed by atoms with E-state index in [1.165, 1.54) is 44.5 Å². The van der Waals surface area contributed by atoms with Gasteiger partial charge in [0.25, 0.3) is 0 Å². The summed E-state index contributed by atoms with van der Waals surface area (Å²) in [4.78, 5) is 3.25. The molecule has 2 N–H and O–H groups in total. The van der Waals surface area contributed by atoms with Crippen LogP contribution in [0.5, 0.6) is 0 Å². The van der Waals surface area contributed by atoms with Gasteiger partial charge in [-0.3, -0.25) is 0 Å². The van der Waals surface area contributed by atoms with Crippen molar-refractivity contribution in [2.24, 2.45) is 0 Å². The second-order valence-electron chi connectivity index (χ2n) is 6.79. The zero-order valence-electron chi connectivity index (χ0n) is 18.6. The van der Waals surface area contributed by atoms with Crippen LogP contribution in [0.1, 0.15) is 22.3 Å². The van der Waals surface area contributed by atoms with E-state index >= 15 is 0 Å². The fraction of sp³-hybridized carbons (Fsp3) is 0.138. The summed E-state index contributed by atoms with van der Waals surface area (Å²) >= 11 is 1.75. The largest absolute Gasteiger partial charge is 0.179 e. The minimum Gasteiger partial charge on any atom is -0.179 e. The van der Waals surface area contributed by atoms with E-state index in [0.29, 0.717) is 0 Å². The Kier molecular flexibility index (Phi) is 11.0. The number of aliphatic hydroxyl groups excluding tert-OH is 2. The van der Waals surface area contributed by atoms with Gasteiger partial charge < -0.3 is 10.2 Å². The number of aliphatic hydroxyl groups is 2. The van der Waals surface area contributed by atoms with Gasteiger partial charge in [0.15, 0.2) is 0 Å². The summed E-state index contributed by atoms with van der Waals surface area (Å²) in [6, 6.07) is 36.2. The van der Waals surface area contributed by atoms with Crippen LogP contribution in [-0.4, -0.2) is 29.2 Å². The van der Waals surface area contributed by atoms with Crippen molar-refractivity contribution in [1.82, 2.24) is 0 Å². The molecule has 6 rings (SSSR count). The first-order valence-corrected chi connectivity index (χ1v) is 11.4. The summed E-state index contributed by atoms with van der Waals surface area (Å²) in [6.07, 6.45) is 2.10. The molecule has 2 nitrogen and oxygen atoms in total. The Morgan fingerprint density at radius 1 is 0.562 bits per heavy atom. The van der Waals surface area contributed by atoms with Crippen LogP contribution in [0.15, 0.2) is 84.9 Å². The fourth-order valence-electron chi connectivity index (χ4n) is 4.00. The molecule has 0 aliphatic heterocycles. The number of rotatable bonds is 0. The van der Waals surface area contributed by atoms with E-state index in [9.17, 15) is 0 Å². The van der Waals surface area contributed by atoms with Gasteiger partial charge in [-0.1, -0.05) is 70.8 Å². The number of hydrogen-bond donors (Lipinski definition) is 2. The van der Waals surface area contributed by atoms with Crippen molar-refractivity contribution < 1.29 is 30.2 Å². The molecule has 0 spiro atoms. The quantitative estimate of drug-likeness (QED) is 0.241. The van der Waals surface area contributed by atoms with Gasteiger partial charge >= 0.3 is 24.8 Å². The Hall–Kier alpha value is -2.62. The maximum atomic E-state index is 7.00. The van der Waals surface area contributed by atoms with Crippen molar-refractivity contribution in [3.05, 3.63) is 119 Å². The average Bonchev–Trinajstić information content (AvgIpc) is 3.46. The maximum absolute atomic E-state index is 7.00. The summed E-state index contributed by atoms with van der Waals surface area (Å²) < 4.78 is 0. The van der Waals surface area contributed by atoms with Crippen LogP contribution in [0, 0.1) is 12.1 Å². The van der Waals surface area contributed by atoms with Crippen LogP contribution in [0.3, 0.4) is 0 Å². The smallest absolute Gasteiger partial charge is 0.0253 e. The summed E-state index contributed by atoms with van der Waals surface area (Å²) in [7, 11) is 2.00. The second-order valence-corrected chi connectivity index (χ2v) is 6.79. The van der Waals surface area contributed by atoms with Crippen molar-refractivity contribution in [1.29, 1.82) is 0 Å². The molecule has 3 heteroatoms. The normalized spacial score (nSPS) is 10.6. The van der Waals surface area contributed by atoms with Crippen molar-refractivity contribution >= 4 is 4.82 Å².